The van der Waals surface area contributed by atoms with Crippen molar-refractivity contribution in [1.29, 1.82) is 0 Å². The Labute approximate surface area is 261 Å². The summed E-state index contributed by atoms with van der Waals surface area (Å²) in [5.41, 5.74) is 2.98. The fourth-order valence-corrected chi connectivity index (χ4v) is 4.14. The number of nitrogens with zero attached hydrogens (tertiary/aromatic N) is 6. The molecule has 0 atom stereocenters. The number of aryl methyl sites for hydroxylation is 1. The molecule has 234 valence electrons. The SMILES string of the molecule is C=Cc1cc(C(=O)Nc2cnn(Cc3cccc(F)c3)c2)no1.CCc1cc(C(=O)Nc2cnn(Cc3cccc(F)c3)c2)no1. The summed E-state index contributed by atoms with van der Waals surface area (Å²) in [7, 11) is 0. The number of anilines is 2. The van der Waals surface area contributed by atoms with E-state index < -0.39 is 5.91 Å². The van der Waals surface area contributed by atoms with E-state index in [2.05, 4.69) is 37.7 Å². The van der Waals surface area contributed by atoms with Gasteiger partial charge in [-0.15, -0.1) is 0 Å². The second-order valence-electron chi connectivity index (χ2n) is 9.87. The van der Waals surface area contributed by atoms with Gasteiger partial charge in [0.1, 0.15) is 17.4 Å². The summed E-state index contributed by atoms with van der Waals surface area (Å²) in [5, 5.41) is 21.0. The third-order valence-electron chi connectivity index (χ3n) is 6.35. The monoisotopic (exact) mass is 626 g/mol. The number of benzene rings is 2. The first kappa shape index (κ1) is 31.3. The van der Waals surface area contributed by atoms with Crippen molar-refractivity contribution in [3.63, 3.8) is 0 Å². The Balaban J connectivity index is 0.000000181. The quantitative estimate of drug-likeness (QED) is 0.193. The van der Waals surface area contributed by atoms with Crippen molar-refractivity contribution in [2.24, 2.45) is 0 Å². The van der Waals surface area contributed by atoms with Crippen molar-refractivity contribution < 1.29 is 27.4 Å². The van der Waals surface area contributed by atoms with Gasteiger partial charge < -0.3 is 19.7 Å². The number of halogens is 2. The van der Waals surface area contributed by atoms with Gasteiger partial charge in [0.25, 0.3) is 11.8 Å². The first-order valence-electron chi connectivity index (χ1n) is 14.0. The molecule has 6 aromatic rings. The van der Waals surface area contributed by atoms with E-state index in [0.29, 0.717) is 42.4 Å². The van der Waals surface area contributed by atoms with Gasteiger partial charge >= 0.3 is 0 Å². The minimum Gasteiger partial charge on any atom is -0.361 e. The highest BCUT2D eigenvalue weighted by atomic mass is 19.1. The molecule has 2 aromatic carbocycles. The summed E-state index contributed by atoms with van der Waals surface area (Å²) >= 11 is 0. The normalized spacial score (nSPS) is 10.6. The van der Waals surface area contributed by atoms with Gasteiger partial charge in [-0.25, -0.2) is 8.78 Å². The van der Waals surface area contributed by atoms with Crippen LogP contribution in [0.5, 0.6) is 0 Å². The first-order valence-corrected chi connectivity index (χ1v) is 14.0. The van der Waals surface area contributed by atoms with Gasteiger partial charge in [-0.1, -0.05) is 48.1 Å². The molecule has 6 rings (SSSR count). The van der Waals surface area contributed by atoms with Crippen LogP contribution < -0.4 is 10.6 Å². The number of carbonyl (C=O) groups is 2. The molecule has 4 aromatic heterocycles. The second kappa shape index (κ2) is 14.5. The maximum Gasteiger partial charge on any atom is 0.277 e. The van der Waals surface area contributed by atoms with E-state index in [0.717, 1.165) is 11.1 Å². The Hall–Kier alpha value is -6.18. The lowest BCUT2D eigenvalue weighted by Gasteiger charge is -2.01. The molecule has 2 N–H and O–H groups in total. The van der Waals surface area contributed by atoms with Crippen LogP contribution in [0.2, 0.25) is 0 Å². The van der Waals surface area contributed by atoms with Crippen LogP contribution in [0.25, 0.3) is 6.08 Å². The maximum atomic E-state index is 13.2. The summed E-state index contributed by atoms with van der Waals surface area (Å²) < 4.78 is 39.4. The number of hydrogen-bond acceptors (Lipinski definition) is 8. The third kappa shape index (κ3) is 8.47. The van der Waals surface area contributed by atoms with Crippen LogP contribution in [0.1, 0.15) is 50.5 Å². The Kier molecular flexibility index (Phi) is 9.87. The van der Waals surface area contributed by atoms with Crippen LogP contribution in [-0.2, 0) is 19.5 Å². The van der Waals surface area contributed by atoms with E-state index in [1.807, 2.05) is 13.0 Å². The number of amides is 2. The Morgan fingerprint density at radius 3 is 1.78 bits per heavy atom. The van der Waals surface area contributed by atoms with Crippen LogP contribution in [0, 0.1) is 11.6 Å². The maximum absolute atomic E-state index is 13.2. The molecule has 0 saturated carbocycles. The van der Waals surface area contributed by atoms with Gasteiger partial charge in [0, 0.05) is 30.9 Å². The molecule has 2 amide bonds. The Bertz CT molecular complexity index is 1960. The largest absolute Gasteiger partial charge is 0.361 e. The molecular formula is C32H28F2N8O4. The standard InChI is InChI=1S/C16H15FN4O2.C16H13FN4O2/c2*1-2-14-7-15(20-23-14)16(22)19-13-8-18-21(10-13)9-11-4-3-5-12(17)6-11/h3-8,10H,2,9H2,1H3,(H,19,22);2-8,10H,1,9H2,(H,19,22). The third-order valence-corrected chi connectivity index (χ3v) is 6.35. The molecule has 4 heterocycles. The highest BCUT2D eigenvalue weighted by molar-refractivity contribution is 6.03. The van der Waals surface area contributed by atoms with E-state index in [1.165, 1.54) is 48.8 Å². The molecule has 0 aliphatic heterocycles. The molecule has 0 bridgehead atoms. The topological polar surface area (TPSA) is 146 Å². The molecule has 0 unspecified atom stereocenters. The molecule has 14 heteroatoms. The Morgan fingerprint density at radius 1 is 0.804 bits per heavy atom. The molecule has 0 radical (unpaired) electrons. The van der Waals surface area contributed by atoms with Crippen LogP contribution in [0.15, 0.2) is 101 Å². The number of hydrogen-bond donors (Lipinski definition) is 2. The van der Waals surface area contributed by atoms with Crippen molar-refractivity contribution in [2.75, 3.05) is 10.6 Å². The molecular weight excluding hydrogens is 598 g/mol. The summed E-state index contributed by atoms with van der Waals surface area (Å²) in [6, 6.07) is 15.6. The fourth-order valence-electron chi connectivity index (χ4n) is 4.14. The second-order valence-corrected chi connectivity index (χ2v) is 9.87. The van der Waals surface area contributed by atoms with Crippen molar-refractivity contribution in [1.82, 2.24) is 29.9 Å². The van der Waals surface area contributed by atoms with Crippen molar-refractivity contribution in [2.45, 2.75) is 26.4 Å². The zero-order valence-corrected chi connectivity index (χ0v) is 24.6. The van der Waals surface area contributed by atoms with Crippen LogP contribution in [0.4, 0.5) is 20.2 Å². The number of carbonyl (C=O) groups excluding carboxylic acids is 2. The van der Waals surface area contributed by atoms with Crippen LogP contribution in [0.3, 0.4) is 0 Å². The van der Waals surface area contributed by atoms with Gasteiger partial charge in [-0.3, -0.25) is 19.0 Å². The summed E-state index contributed by atoms with van der Waals surface area (Å²) in [6.45, 7) is 6.26. The molecule has 0 spiro atoms. The zero-order valence-electron chi connectivity index (χ0n) is 24.6. The average molecular weight is 627 g/mol. The smallest absolute Gasteiger partial charge is 0.277 e. The van der Waals surface area contributed by atoms with Crippen LogP contribution in [-0.4, -0.2) is 41.7 Å². The number of aromatic nitrogens is 6. The zero-order chi connectivity index (χ0) is 32.5. The average Bonchev–Trinajstić information content (AvgIpc) is 3.86. The Morgan fingerprint density at radius 2 is 1.33 bits per heavy atom. The predicted octanol–water partition coefficient (Wildman–Crippen LogP) is 5.83. The predicted molar refractivity (Wildman–Crippen MR) is 164 cm³/mol. The van der Waals surface area contributed by atoms with E-state index in [9.17, 15) is 18.4 Å². The van der Waals surface area contributed by atoms with Gasteiger partial charge in [-0.05, 0) is 41.5 Å². The highest BCUT2D eigenvalue weighted by Crippen LogP contribution is 2.13. The fraction of sp³-hybridized carbons (Fsp3) is 0.125. The van der Waals surface area contributed by atoms with Gasteiger partial charge in [0.2, 0.25) is 0 Å². The van der Waals surface area contributed by atoms with Gasteiger partial charge in [0.05, 0.1) is 36.9 Å². The molecule has 0 aliphatic carbocycles. The van der Waals surface area contributed by atoms with E-state index >= 15 is 0 Å². The van der Waals surface area contributed by atoms with E-state index in [1.54, 1.807) is 46.0 Å². The summed E-state index contributed by atoms with van der Waals surface area (Å²) in [6.07, 6.45) is 8.48. The van der Waals surface area contributed by atoms with Gasteiger partial charge in [0.15, 0.2) is 17.1 Å². The van der Waals surface area contributed by atoms with Crippen LogP contribution >= 0.6 is 0 Å². The minimum absolute atomic E-state index is 0.151. The number of rotatable bonds is 10. The lowest BCUT2D eigenvalue weighted by atomic mass is 10.2. The summed E-state index contributed by atoms with van der Waals surface area (Å²) in [5.74, 6) is -0.298. The molecule has 46 heavy (non-hydrogen) atoms. The van der Waals surface area contributed by atoms with Gasteiger partial charge in [-0.2, -0.15) is 10.2 Å². The van der Waals surface area contributed by atoms with Crippen molar-refractivity contribution in [3.8, 4) is 0 Å². The lowest BCUT2D eigenvalue weighted by molar-refractivity contribution is 0.101. The highest BCUT2D eigenvalue weighted by Gasteiger charge is 2.14. The van der Waals surface area contributed by atoms with E-state index in [4.69, 9.17) is 9.05 Å². The minimum atomic E-state index is -0.410. The molecule has 0 fully saturated rings. The lowest BCUT2D eigenvalue weighted by Crippen LogP contribution is -2.11. The van der Waals surface area contributed by atoms with Crippen molar-refractivity contribution in [3.05, 3.63) is 138 Å². The number of nitrogens with one attached hydrogen (secondary N) is 2. The summed E-state index contributed by atoms with van der Waals surface area (Å²) in [4.78, 5) is 24.0. The molecule has 12 nitrogen and oxygen atoms in total. The molecule has 0 aliphatic rings. The first-order chi connectivity index (χ1) is 22.3. The van der Waals surface area contributed by atoms with E-state index in [-0.39, 0.29) is 28.9 Å². The molecule has 0 saturated heterocycles. The van der Waals surface area contributed by atoms with Crippen molar-refractivity contribution >= 4 is 29.3 Å².